The summed E-state index contributed by atoms with van der Waals surface area (Å²) in [5.74, 6) is 0. The molecule has 1 aliphatic carbocycles. The summed E-state index contributed by atoms with van der Waals surface area (Å²) in [6, 6.07) is -0.0408. The van der Waals surface area contributed by atoms with E-state index < -0.39 is 0 Å². The first-order valence-electron chi connectivity index (χ1n) is 10.2. The van der Waals surface area contributed by atoms with Crippen molar-refractivity contribution in [2.75, 3.05) is 33.8 Å². The van der Waals surface area contributed by atoms with Gasteiger partial charge in [-0.2, -0.15) is 0 Å². The van der Waals surface area contributed by atoms with Gasteiger partial charge in [0.2, 0.25) is 0 Å². The summed E-state index contributed by atoms with van der Waals surface area (Å²) in [5.41, 5.74) is 0.0438. The standard InChI is InChI=1S/C20H40N4O3/c1-19(2)12-16(24-18(26)27-5)13-20(3,14-19)15-23-17(25)22-11-9-7-6-8-10-21-4/h16,21H,6-15H2,1-5H3,(H,24,26)(H2,22,23,25). The third-order valence-corrected chi connectivity index (χ3v) is 5.27. The SMILES string of the molecule is CNCCCCCCNC(=O)NCC1(C)CC(NC(=O)OC)CC(C)(C)C1. The van der Waals surface area contributed by atoms with Crippen molar-refractivity contribution in [3.05, 3.63) is 0 Å². The summed E-state index contributed by atoms with van der Waals surface area (Å²) >= 11 is 0. The maximum absolute atomic E-state index is 12.1. The molecule has 1 fully saturated rings. The summed E-state index contributed by atoms with van der Waals surface area (Å²) in [7, 11) is 3.35. The Kier molecular flexibility index (Phi) is 9.91. The number of alkyl carbamates (subject to hydrolysis) is 1. The third-order valence-electron chi connectivity index (χ3n) is 5.27. The highest BCUT2D eigenvalue weighted by atomic mass is 16.5. The van der Waals surface area contributed by atoms with Crippen LogP contribution in [0.25, 0.3) is 0 Å². The zero-order valence-corrected chi connectivity index (χ0v) is 17.9. The summed E-state index contributed by atoms with van der Waals surface area (Å²) < 4.78 is 4.74. The number of nitrogens with one attached hydrogen (secondary N) is 4. The molecule has 2 unspecified atom stereocenters. The quantitative estimate of drug-likeness (QED) is 0.436. The maximum atomic E-state index is 12.1. The fraction of sp³-hybridized carbons (Fsp3) is 0.900. The van der Waals surface area contributed by atoms with E-state index in [0.717, 1.165) is 38.6 Å². The number of methoxy groups -OCH3 is 1. The van der Waals surface area contributed by atoms with Gasteiger partial charge in [0.1, 0.15) is 0 Å². The van der Waals surface area contributed by atoms with Gasteiger partial charge in [0.25, 0.3) is 0 Å². The molecule has 0 saturated heterocycles. The van der Waals surface area contributed by atoms with Crippen LogP contribution in [0.15, 0.2) is 0 Å². The lowest BCUT2D eigenvalue weighted by Gasteiger charge is -2.46. The Bertz CT molecular complexity index is 470. The highest BCUT2D eigenvalue weighted by Crippen LogP contribution is 2.45. The van der Waals surface area contributed by atoms with E-state index in [9.17, 15) is 9.59 Å². The molecule has 0 aliphatic heterocycles. The van der Waals surface area contributed by atoms with E-state index in [4.69, 9.17) is 4.74 Å². The minimum absolute atomic E-state index is 0.0576. The third kappa shape index (κ3) is 9.84. The van der Waals surface area contributed by atoms with E-state index in [2.05, 4.69) is 42.0 Å². The second kappa shape index (κ2) is 11.4. The van der Waals surface area contributed by atoms with Crippen LogP contribution in [-0.2, 0) is 4.74 Å². The topological polar surface area (TPSA) is 91.5 Å². The fourth-order valence-electron chi connectivity index (χ4n) is 4.43. The molecule has 7 nitrogen and oxygen atoms in total. The van der Waals surface area contributed by atoms with Crippen molar-refractivity contribution in [2.45, 2.75) is 71.8 Å². The Morgan fingerprint density at radius 1 is 1.00 bits per heavy atom. The smallest absolute Gasteiger partial charge is 0.407 e. The number of rotatable bonds is 10. The van der Waals surface area contributed by atoms with Crippen molar-refractivity contribution in [3.63, 3.8) is 0 Å². The Labute approximate surface area is 164 Å². The Morgan fingerprint density at radius 3 is 2.30 bits per heavy atom. The summed E-state index contributed by atoms with van der Waals surface area (Å²) in [6.45, 7) is 8.97. The number of ether oxygens (including phenoxy) is 1. The lowest BCUT2D eigenvalue weighted by Crippen LogP contribution is -2.51. The van der Waals surface area contributed by atoms with Crippen LogP contribution in [0.3, 0.4) is 0 Å². The van der Waals surface area contributed by atoms with Crippen LogP contribution in [0.4, 0.5) is 9.59 Å². The molecule has 158 valence electrons. The monoisotopic (exact) mass is 384 g/mol. The first-order chi connectivity index (χ1) is 12.7. The fourth-order valence-corrected chi connectivity index (χ4v) is 4.43. The van der Waals surface area contributed by atoms with Gasteiger partial charge in [0.05, 0.1) is 7.11 Å². The predicted octanol–water partition coefficient (Wildman–Crippen LogP) is 3.01. The van der Waals surface area contributed by atoms with Crippen molar-refractivity contribution < 1.29 is 14.3 Å². The number of hydrogen-bond acceptors (Lipinski definition) is 4. The van der Waals surface area contributed by atoms with Crippen molar-refractivity contribution in [1.82, 2.24) is 21.3 Å². The van der Waals surface area contributed by atoms with Gasteiger partial charge in [-0.15, -0.1) is 0 Å². The van der Waals surface area contributed by atoms with Gasteiger partial charge >= 0.3 is 12.1 Å². The van der Waals surface area contributed by atoms with Gasteiger partial charge in [0, 0.05) is 19.1 Å². The largest absolute Gasteiger partial charge is 0.453 e. The van der Waals surface area contributed by atoms with Crippen molar-refractivity contribution in [2.24, 2.45) is 10.8 Å². The molecule has 3 amide bonds. The molecular weight excluding hydrogens is 344 g/mol. The van der Waals surface area contributed by atoms with Crippen molar-refractivity contribution in [3.8, 4) is 0 Å². The normalized spacial score (nSPS) is 24.1. The van der Waals surface area contributed by atoms with Gasteiger partial charge in [0.15, 0.2) is 0 Å². The molecule has 1 rings (SSSR count). The van der Waals surface area contributed by atoms with Crippen LogP contribution in [-0.4, -0.2) is 52.0 Å². The first-order valence-corrected chi connectivity index (χ1v) is 10.2. The summed E-state index contributed by atoms with van der Waals surface area (Å²) in [4.78, 5) is 23.7. The van der Waals surface area contributed by atoms with Crippen molar-refractivity contribution >= 4 is 12.1 Å². The van der Waals surface area contributed by atoms with Crippen molar-refractivity contribution in [1.29, 1.82) is 0 Å². The van der Waals surface area contributed by atoms with E-state index in [1.165, 1.54) is 20.0 Å². The molecule has 0 aromatic heterocycles. The first kappa shape index (κ1) is 23.5. The molecule has 1 saturated carbocycles. The van der Waals surface area contributed by atoms with Gasteiger partial charge in [-0.05, 0) is 56.5 Å². The highest BCUT2D eigenvalue weighted by Gasteiger charge is 2.41. The molecule has 0 radical (unpaired) electrons. The summed E-state index contributed by atoms with van der Waals surface area (Å²) in [5, 5.41) is 12.1. The molecule has 0 aromatic carbocycles. The lowest BCUT2D eigenvalue weighted by molar-refractivity contribution is 0.0692. The molecule has 2 atom stereocenters. The molecule has 1 aliphatic rings. The van der Waals surface area contributed by atoms with E-state index in [-0.39, 0.29) is 29.0 Å². The Hall–Kier alpha value is -1.50. The Morgan fingerprint density at radius 2 is 1.67 bits per heavy atom. The number of carbonyl (C=O) groups is 2. The average Bonchev–Trinajstić information content (AvgIpc) is 2.57. The van der Waals surface area contributed by atoms with Crippen LogP contribution in [0.1, 0.15) is 65.7 Å². The minimum atomic E-state index is -0.388. The number of carbonyl (C=O) groups excluding carboxylic acids is 2. The van der Waals surface area contributed by atoms with E-state index in [0.29, 0.717) is 13.1 Å². The minimum Gasteiger partial charge on any atom is -0.453 e. The molecule has 4 N–H and O–H groups in total. The number of urea groups is 1. The molecule has 27 heavy (non-hydrogen) atoms. The zero-order chi connectivity index (χ0) is 20.3. The molecule has 7 heteroatoms. The molecule has 0 spiro atoms. The molecular formula is C20H40N4O3. The van der Waals surface area contributed by atoms with Gasteiger partial charge in [-0.1, -0.05) is 33.6 Å². The van der Waals surface area contributed by atoms with Crippen LogP contribution >= 0.6 is 0 Å². The lowest BCUT2D eigenvalue weighted by atomic mass is 9.62. The maximum Gasteiger partial charge on any atom is 0.407 e. The Balaban J connectivity index is 2.35. The number of amides is 3. The second-order valence-electron chi connectivity index (χ2n) is 9.02. The predicted molar refractivity (Wildman–Crippen MR) is 109 cm³/mol. The van der Waals surface area contributed by atoms with E-state index in [1.54, 1.807) is 0 Å². The molecule has 0 bridgehead atoms. The van der Waals surface area contributed by atoms with Gasteiger partial charge in [-0.3, -0.25) is 0 Å². The van der Waals surface area contributed by atoms with Crippen LogP contribution in [0, 0.1) is 10.8 Å². The van der Waals surface area contributed by atoms with Crippen LogP contribution in [0.5, 0.6) is 0 Å². The number of hydrogen-bond donors (Lipinski definition) is 4. The van der Waals surface area contributed by atoms with Crippen LogP contribution in [0.2, 0.25) is 0 Å². The second-order valence-corrected chi connectivity index (χ2v) is 9.02. The highest BCUT2D eigenvalue weighted by molar-refractivity contribution is 5.73. The number of unbranched alkanes of at least 4 members (excludes halogenated alkanes) is 3. The van der Waals surface area contributed by atoms with E-state index in [1.807, 2.05) is 7.05 Å². The summed E-state index contributed by atoms with van der Waals surface area (Å²) in [6.07, 6.45) is 6.87. The average molecular weight is 385 g/mol. The van der Waals surface area contributed by atoms with E-state index >= 15 is 0 Å². The molecule has 0 heterocycles. The zero-order valence-electron chi connectivity index (χ0n) is 17.9. The molecule has 0 aromatic rings. The van der Waals surface area contributed by atoms with Crippen LogP contribution < -0.4 is 21.3 Å². The van der Waals surface area contributed by atoms with Gasteiger partial charge < -0.3 is 26.0 Å². The van der Waals surface area contributed by atoms with Gasteiger partial charge in [-0.25, -0.2) is 9.59 Å².